The van der Waals surface area contributed by atoms with Gasteiger partial charge in [-0.15, -0.1) is 0 Å². The smallest absolute Gasteiger partial charge is 0.227 e. The molecule has 1 aromatic rings. The topological polar surface area (TPSA) is 58.6 Å². The Bertz CT molecular complexity index is 488. The Labute approximate surface area is 117 Å². The molecule has 1 amide bonds. The van der Waals surface area contributed by atoms with Crippen LogP contribution < -0.4 is 10.1 Å². The molecule has 0 fully saturated rings. The minimum Gasteiger partial charge on any atom is -0.492 e. The zero-order chi connectivity index (χ0) is 14.0. The lowest BCUT2D eigenvalue weighted by molar-refractivity contribution is -0.128. The average molecular weight is 284 g/mol. The molecule has 0 spiro atoms. The Hall–Kier alpha value is -1.26. The van der Waals surface area contributed by atoms with Crippen LogP contribution in [0.2, 0.25) is 5.02 Å². The van der Waals surface area contributed by atoms with E-state index in [0.29, 0.717) is 18.1 Å². The molecule has 0 saturated heterocycles. The first kappa shape index (κ1) is 14.2. The molecule has 2 N–H and O–H groups in total. The SMILES string of the molecule is CC(C)(CO)NC(=O)C1COc2ccc(Cl)cc2C1. The van der Waals surface area contributed by atoms with E-state index in [1.165, 1.54) is 0 Å². The van der Waals surface area contributed by atoms with Gasteiger partial charge in [-0.05, 0) is 44.0 Å². The van der Waals surface area contributed by atoms with E-state index >= 15 is 0 Å². The molecule has 5 heteroatoms. The molecule has 1 unspecified atom stereocenters. The highest BCUT2D eigenvalue weighted by Crippen LogP contribution is 2.30. The fraction of sp³-hybridized carbons (Fsp3) is 0.500. The van der Waals surface area contributed by atoms with E-state index in [0.717, 1.165) is 11.3 Å². The summed E-state index contributed by atoms with van der Waals surface area (Å²) in [6.07, 6.45) is 0.600. The molecule has 2 rings (SSSR count). The maximum atomic E-state index is 12.1. The molecule has 19 heavy (non-hydrogen) atoms. The van der Waals surface area contributed by atoms with Crippen molar-refractivity contribution in [2.24, 2.45) is 5.92 Å². The molecule has 0 radical (unpaired) electrons. The van der Waals surface area contributed by atoms with Crippen LogP contribution >= 0.6 is 11.6 Å². The summed E-state index contributed by atoms with van der Waals surface area (Å²) in [4.78, 5) is 12.1. The normalized spacial score (nSPS) is 18.4. The minimum absolute atomic E-state index is 0.102. The summed E-state index contributed by atoms with van der Waals surface area (Å²) in [5.74, 6) is 0.427. The van der Waals surface area contributed by atoms with Crippen molar-refractivity contribution in [3.05, 3.63) is 28.8 Å². The van der Waals surface area contributed by atoms with Crippen molar-refractivity contribution in [3.8, 4) is 5.75 Å². The predicted molar refractivity (Wildman–Crippen MR) is 73.4 cm³/mol. The van der Waals surface area contributed by atoms with Crippen LogP contribution in [-0.2, 0) is 11.2 Å². The average Bonchev–Trinajstić information content (AvgIpc) is 2.37. The number of nitrogens with one attached hydrogen (secondary N) is 1. The number of carbonyl (C=O) groups excluding carboxylic acids is 1. The standard InChI is InChI=1S/C14H18ClNO3/c1-14(2,8-17)16-13(18)10-5-9-6-11(15)3-4-12(9)19-7-10/h3-4,6,10,17H,5,7-8H2,1-2H3,(H,16,18). The summed E-state index contributed by atoms with van der Waals surface area (Å²) >= 11 is 5.94. The molecule has 1 aliphatic heterocycles. The number of hydrogen-bond donors (Lipinski definition) is 2. The third-order valence-corrected chi connectivity index (χ3v) is 3.39. The second-order valence-electron chi connectivity index (χ2n) is 5.50. The number of amides is 1. The Morgan fingerprint density at radius 2 is 2.32 bits per heavy atom. The van der Waals surface area contributed by atoms with Crippen LogP contribution in [0.25, 0.3) is 0 Å². The fourth-order valence-electron chi connectivity index (χ4n) is 2.01. The third kappa shape index (κ3) is 3.39. The monoisotopic (exact) mass is 283 g/mol. The van der Waals surface area contributed by atoms with Crippen LogP contribution in [-0.4, -0.2) is 29.8 Å². The summed E-state index contributed by atoms with van der Waals surface area (Å²) in [5.41, 5.74) is 0.326. The second-order valence-corrected chi connectivity index (χ2v) is 5.93. The number of carbonyl (C=O) groups is 1. The van der Waals surface area contributed by atoms with Crippen LogP contribution in [0, 0.1) is 5.92 Å². The van der Waals surface area contributed by atoms with Gasteiger partial charge in [-0.3, -0.25) is 4.79 Å². The van der Waals surface area contributed by atoms with E-state index in [9.17, 15) is 9.90 Å². The molecule has 0 bridgehead atoms. The quantitative estimate of drug-likeness (QED) is 0.889. The van der Waals surface area contributed by atoms with Crippen molar-refractivity contribution in [1.29, 1.82) is 0 Å². The van der Waals surface area contributed by atoms with Gasteiger partial charge in [0, 0.05) is 5.02 Å². The minimum atomic E-state index is -0.619. The maximum Gasteiger partial charge on any atom is 0.227 e. The maximum absolute atomic E-state index is 12.1. The van der Waals surface area contributed by atoms with Gasteiger partial charge in [-0.2, -0.15) is 0 Å². The first-order chi connectivity index (χ1) is 8.91. The van der Waals surface area contributed by atoms with Crippen molar-refractivity contribution < 1.29 is 14.6 Å². The molecule has 0 aliphatic carbocycles. The predicted octanol–water partition coefficient (Wildman–Crippen LogP) is 1.78. The lowest BCUT2D eigenvalue weighted by Gasteiger charge is -2.29. The van der Waals surface area contributed by atoms with E-state index in [4.69, 9.17) is 16.3 Å². The number of halogens is 1. The molecule has 104 valence electrons. The highest BCUT2D eigenvalue weighted by atomic mass is 35.5. The lowest BCUT2D eigenvalue weighted by atomic mass is 9.94. The van der Waals surface area contributed by atoms with Gasteiger partial charge in [0.2, 0.25) is 5.91 Å². The van der Waals surface area contributed by atoms with Crippen molar-refractivity contribution in [2.75, 3.05) is 13.2 Å². The zero-order valence-corrected chi connectivity index (χ0v) is 11.8. The number of hydrogen-bond acceptors (Lipinski definition) is 3. The molecule has 1 aliphatic rings. The summed E-state index contributed by atoms with van der Waals surface area (Å²) in [5, 5.41) is 12.6. The first-order valence-corrected chi connectivity index (χ1v) is 6.63. The number of benzene rings is 1. The highest BCUT2D eigenvalue weighted by molar-refractivity contribution is 6.30. The highest BCUT2D eigenvalue weighted by Gasteiger charge is 2.29. The Kier molecular flexibility index (Phi) is 4.02. The van der Waals surface area contributed by atoms with Crippen molar-refractivity contribution in [1.82, 2.24) is 5.32 Å². The number of ether oxygens (including phenoxy) is 1. The molecule has 4 nitrogen and oxygen atoms in total. The van der Waals surface area contributed by atoms with Crippen molar-refractivity contribution in [2.45, 2.75) is 25.8 Å². The van der Waals surface area contributed by atoms with Crippen LogP contribution in [0.1, 0.15) is 19.4 Å². The van der Waals surface area contributed by atoms with Crippen molar-refractivity contribution in [3.63, 3.8) is 0 Å². The van der Waals surface area contributed by atoms with Gasteiger partial charge >= 0.3 is 0 Å². The summed E-state index contributed by atoms with van der Waals surface area (Å²) < 4.78 is 5.58. The van der Waals surface area contributed by atoms with Crippen LogP contribution in [0.4, 0.5) is 0 Å². The van der Waals surface area contributed by atoms with Crippen LogP contribution in [0.5, 0.6) is 5.75 Å². The lowest BCUT2D eigenvalue weighted by Crippen LogP contribution is -2.50. The molecular weight excluding hydrogens is 266 g/mol. The van der Waals surface area contributed by atoms with Crippen LogP contribution in [0.3, 0.4) is 0 Å². The van der Waals surface area contributed by atoms with E-state index < -0.39 is 5.54 Å². The Morgan fingerprint density at radius 1 is 1.58 bits per heavy atom. The second kappa shape index (κ2) is 5.39. The summed E-state index contributed by atoms with van der Waals surface area (Å²) in [6, 6.07) is 5.42. The Balaban J connectivity index is 2.07. The molecular formula is C14H18ClNO3. The van der Waals surface area contributed by atoms with Gasteiger partial charge in [-0.1, -0.05) is 11.6 Å². The molecule has 1 aromatic carbocycles. The van der Waals surface area contributed by atoms with E-state index in [2.05, 4.69) is 5.32 Å². The van der Waals surface area contributed by atoms with Crippen molar-refractivity contribution >= 4 is 17.5 Å². The van der Waals surface area contributed by atoms with E-state index in [1.54, 1.807) is 19.9 Å². The third-order valence-electron chi connectivity index (χ3n) is 3.16. The van der Waals surface area contributed by atoms with Gasteiger partial charge in [0.15, 0.2) is 0 Å². The molecule has 1 heterocycles. The first-order valence-electron chi connectivity index (χ1n) is 6.25. The number of aliphatic hydroxyl groups is 1. The van der Waals surface area contributed by atoms with Crippen LogP contribution in [0.15, 0.2) is 18.2 Å². The Morgan fingerprint density at radius 3 is 3.00 bits per heavy atom. The zero-order valence-electron chi connectivity index (χ0n) is 11.1. The number of fused-ring (bicyclic) bond motifs is 1. The molecule has 1 atom stereocenters. The summed E-state index contributed by atoms with van der Waals surface area (Å²) in [6.45, 7) is 3.80. The summed E-state index contributed by atoms with van der Waals surface area (Å²) in [7, 11) is 0. The van der Waals surface area contributed by atoms with Gasteiger partial charge in [-0.25, -0.2) is 0 Å². The van der Waals surface area contributed by atoms with Gasteiger partial charge < -0.3 is 15.2 Å². The molecule has 0 aromatic heterocycles. The number of rotatable bonds is 3. The largest absolute Gasteiger partial charge is 0.492 e. The van der Waals surface area contributed by atoms with Gasteiger partial charge in [0.1, 0.15) is 12.4 Å². The van der Waals surface area contributed by atoms with Gasteiger partial charge in [0.25, 0.3) is 0 Å². The van der Waals surface area contributed by atoms with Gasteiger partial charge in [0.05, 0.1) is 18.1 Å². The van der Waals surface area contributed by atoms with E-state index in [1.807, 2.05) is 12.1 Å². The van der Waals surface area contributed by atoms with E-state index in [-0.39, 0.29) is 18.4 Å². The molecule has 0 saturated carbocycles. The fourth-order valence-corrected chi connectivity index (χ4v) is 2.20. The number of aliphatic hydroxyl groups excluding tert-OH is 1.